The van der Waals surface area contributed by atoms with Gasteiger partial charge in [-0.3, -0.25) is 4.57 Å². The molecule has 1 aliphatic heterocycles. The SMILES string of the molecule is OC[C@@H]1C[C@@H](O)[C@H](n2cnc3c(-c4ccsc4)ncnc32)O1. The number of nitrogens with zero attached hydrogens (tertiary/aromatic N) is 4. The van der Waals surface area contributed by atoms with Gasteiger partial charge >= 0.3 is 0 Å². The summed E-state index contributed by atoms with van der Waals surface area (Å²) in [5.74, 6) is 0. The number of hydrogen-bond donors (Lipinski definition) is 2. The Hall–Kier alpha value is -1.87. The summed E-state index contributed by atoms with van der Waals surface area (Å²) in [4.78, 5) is 13.0. The number of thiophene rings is 1. The first-order valence-electron chi connectivity index (χ1n) is 6.92. The maximum atomic E-state index is 10.1. The van der Waals surface area contributed by atoms with Crippen molar-refractivity contribution in [2.45, 2.75) is 24.9 Å². The van der Waals surface area contributed by atoms with E-state index in [-0.39, 0.29) is 12.7 Å². The van der Waals surface area contributed by atoms with Gasteiger partial charge in [0, 0.05) is 17.4 Å². The van der Waals surface area contributed by atoms with Gasteiger partial charge < -0.3 is 14.9 Å². The highest BCUT2D eigenvalue weighted by molar-refractivity contribution is 7.08. The topological polar surface area (TPSA) is 93.3 Å². The Balaban J connectivity index is 1.80. The predicted molar refractivity (Wildman–Crippen MR) is 80.3 cm³/mol. The maximum Gasteiger partial charge on any atom is 0.166 e. The van der Waals surface area contributed by atoms with E-state index in [1.807, 2.05) is 16.8 Å². The monoisotopic (exact) mass is 318 g/mol. The normalized spacial score (nSPS) is 25.1. The van der Waals surface area contributed by atoms with Crippen molar-refractivity contribution < 1.29 is 14.9 Å². The highest BCUT2D eigenvalue weighted by Gasteiger charge is 2.36. The fraction of sp³-hybridized carbons (Fsp3) is 0.357. The third-order valence-corrected chi connectivity index (χ3v) is 4.48. The summed E-state index contributed by atoms with van der Waals surface area (Å²) < 4.78 is 7.37. The summed E-state index contributed by atoms with van der Waals surface area (Å²) in [5, 5.41) is 23.3. The first-order chi connectivity index (χ1) is 10.8. The summed E-state index contributed by atoms with van der Waals surface area (Å²) in [6.45, 7) is -0.116. The lowest BCUT2D eigenvalue weighted by molar-refractivity contribution is -0.0486. The minimum absolute atomic E-state index is 0.116. The van der Waals surface area contributed by atoms with Crippen LogP contribution in [-0.4, -0.2) is 48.5 Å². The van der Waals surface area contributed by atoms with Gasteiger partial charge in [-0.15, -0.1) is 0 Å². The van der Waals surface area contributed by atoms with Crippen LogP contribution < -0.4 is 0 Å². The van der Waals surface area contributed by atoms with Gasteiger partial charge in [0.15, 0.2) is 11.9 Å². The van der Waals surface area contributed by atoms with E-state index in [4.69, 9.17) is 4.74 Å². The summed E-state index contributed by atoms with van der Waals surface area (Å²) in [6.07, 6.45) is 1.82. The quantitative estimate of drug-likeness (QED) is 0.753. The second-order valence-corrected chi connectivity index (χ2v) is 5.97. The molecule has 0 aromatic carbocycles. The van der Waals surface area contributed by atoms with Gasteiger partial charge in [-0.2, -0.15) is 11.3 Å². The Bertz CT molecular complexity index is 789. The average molecular weight is 318 g/mol. The number of aromatic nitrogens is 4. The zero-order valence-electron chi connectivity index (χ0n) is 11.5. The third-order valence-electron chi connectivity index (χ3n) is 3.80. The highest BCUT2D eigenvalue weighted by Crippen LogP contribution is 2.32. The fourth-order valence-electron chi connectivity index (χ4n) is 2.75. The van der Waals surface area contributed by atoms with E-state index in [9.17, 15) is 10.2 Å². The summed E-state index contributed by atoms with van der Waals surface area (Å²) in [6, 6.07) is 1.98. The van der Waals surface area contributed by atoms with E-state index in [2.05, 4.69) is 15.0 Å². The molecule has 2 N–H and O–H groups in total. The predicted octanol–water partition coefficient (Wildman–Crippen LogP) is 1.20. The molecular formula is C14H14N4O3S. The van der Waals surface area contributed by atoms with Gasteiger partial charge in [0.25, 0.3) is 0 Å². The van der Waals surface area contributed by atoms with Crippen LogP contribution in [0.2, 0.25) is 0 Å². The van der Waals surface area contributed by atoms with Crippen LogP contribution in [0.25, 0.3) is 22.4 Å². The highest BCUT2D eigenvalue weighted by atomic mass is 32.1. The van der Waals surface area contributed by atoms with Crippen molar-refractivity contribution in [2.24, 2.45) is 0 Å². The Morgan fingerprint density at radius 2 is 2.27 bits per heavy atom. The second-order valence-electron chi connectivity index (χ2n) is 5.19. The Morgan fingerprint density at radius 1 is 1.36 bits per heavy atom. The lowest BCUT2D eigenvalue weighted by Crippen LogP contribution is -2.19. The van der Waals surface area contributed by atoms with Crippen molar-refractivity contribution in [1.29, 1.82) is 0 Å². The van der Waals surface area contributed by atoms with Crippen molar-refractivity contribution in [3.8, 4) is 11.3 Å². The first kappa shape index (κ1) is 13.8. The van der Waals surface area contributed by atoms with Crippen molar-refractivity contribution in [3.05, 3.63) is 29.5 Å². The van der Waals surface area contributed by atoms with Gasteiger partial charge in [-0.05, 0) is 11.4 Å². The minimum Gasteiger partial charge on any atom is -0.394 e. The zero-order chi connectivity index (χ0) is 15.1. The minimum atomic E-state index is -0.700. The molecule has 0 radical (unpaired) electrons. The number of aliphatic hydroxyl groups excluding tert-OH is 2. The largest absolute Gasteiger partial charge is 0.394 e. The van der Waals surface area contributed by atoms with Crippen LogP contribution in [0.4, 0.5) is 0 Å². The van der Waals surface area contributed by atoms with E-state index < -0.39 is 12.3 Å². The zero-order valence-corrected chi connectivity index (χ0v) is 12.3. The van der Waals surface area contributed by atoms with E-state index in [0.717, 1.165) is 11.3 Å². The van der Waals surface area contributed by atoms with Gasteiger partial charge in [-0.25, -0.2) is 15.0 Å². The number of hydrogen-bond acceptors (Lipinski definition) is 7. The molecule has 7 nitrogen and oxygen atoms in total. The lowest BCUT2D eigenvalue weighted by Gasteiger charge is -2.16. The van der Waals surface area contributed by atoms with Crippen LogP contribution in [0.1, 0.15) is 12.6 Å². The molecule has 3 atom stereocenters. The van der Waals surface area contributed by atoms with Crippen LogP contribution in [0.5, 0.6) is 0 Å². The molecule has 22 heavy (non-hydrogen) atoms. The van der Waals surface area contributed by atoms with Crippen molar-refractivity contribution >= 4 is 22.5 Å². The first-order valence-corrected chi connectivity index (χ1v) is 7.86. The molecule has 0 bridgehead atoms. The Labute approximate surface area is 129 Å². The van der Waals surface area contributed by atoms with Crippen LogP contribution in [-0.2, 0) is 4.74 Å². The number of fused-ring (bicyclic) bond motifs is 1. The molecule has 0 amide bonds. The van der Waals surface area contributed by atoms with Crippen LogP contribution >= 0.6 is 11.3 Å². The number of ether oxygens (including phenoxy) is 1. The average Bonchev–Trinajstić information content (AvgIpc) is 3.25. The molecule has 3 aromatic rings. The molecule has 1 aliphatic rings. The molecule has 4 heterocycles. The fourth-order valence-corrected chi connectivity index (χ4v) is 3.39. The van der Waals surface area contributed by atoms with Crippen molar-refractivity contribution in [1.82, 2.24) is 19.5 Å². The molecule has 8 heteroatoms. The Kier molecular flexibility index (Phi) is 3.38. The van der Waals surface area contributed by atoms with Crippen molar-refractivity contribution in [2.75, 3.05) is 6.61 Å². The molecule has 0 aliphatic carbocycles. The standard InChI is InChI=1S/C14H14N4O3S/c19-4-9-3-10(20)14(21-9)18-7-17-12-11(8-1-2-22-5-8)15-6-16-13(12)18/h1-2,5-7,9-10,14,19-20H,3-4H2/t9-,10+,14+/m0/s1. The summed E-state index contributed by atoms with van der Waals surface area (Å²) in [7, 11) is 0. The third kappa shape index (κ3) is 2.12. The van der Waals surface area contributed by atoms with Gasteiger partial charge in [0.05, 0.1) is 19.0 Å². The molecule has 114 valence electrons. The molecule has 4 rings (SSSR count). The molecule has 3 aromatic heterocycles. The second kappa shape index (κ2) is 5.40. The van der Waals surface area contributed by atoms with E-state index >= 15 is 0 Å². The smallest absolute Gasteiger partial charge is 0.166 e. The summed E-state index contributed by atoms with van der Waals surface area (Å²) in [5.41, 5.74) is 3.03. The number of rotatable bonds is 3. The van der Waals surface area contributed by atoms with Crippen LogP contribution in [0.3, 0.4) is 0 Å². The molecule has 0 spiro atoms. The Morgan fingerprint density at radius 3 is 3.00 bits per heavy atom. The van der Waals surface area contributed by atoms with E-state index in [1.54, 1.807) is 22.2 Å². The van der Waals surface area contributed by atoms with Crippen LogP contribution in [0, 0.1) is 0 Å². The van der Waals surface area contributed by atoms with E-state index in [0.29, 0.717) is 17.6 Å². The summed E-state index contributed by atoms with van der Waals surface area (Å²) >= 11 is 1.59. The lowest BCUT2D eigenvalue weighted by atomic mass is 10.2. The van der Waals surface area contributed by atoms with Gasteiger partial charge in [-0.1, -0.05) is 0 Å². The molecule has 0 saturated carbocycles. The van der Waals surface area contributed by atoms with Gasteiger partial charge in [0.1, 0.15) is 23.6 Å². The molecule has 1 fully saturated rings. The molecule has 1 saturated heterocycles. The molecular weight excluding hydrogens is 304 g/mol. The van der Waals surface area contributed by atoms with Gasteiger partial charge in [0.2, 0.25) is 0 Å². The molecule has 0 unspecified atom stereocenters. The van der Waals surface area contributed by atoms with Crippen molar-refractivity contribution in [3.63, 3.8) is 0 Å². The van der Waals surface area contributed by atoms with E-state index in [1.165, 1.54) is 6.33 Å². The van der Waals surface area contributed by atoms with Crippen LogP contribution in [0.15, 0.2) is 29.5 Å². The maximum absolute atomic E-state index is 10.1. The number of imidazole rings is 1. The number of aliphatic hydroxyl groups is 2.